The van der Waals surface area contributed by atoms with Crippen molar-refractivity contribution < 1.29 is 44.2 Å². The van der Waals surface area contributed by atoms with Crippen molar-refractivity contribution in [3.8, 4) is 5.75 Å². The molecule has 0 aliphatic carbocycles. The van der Waals surface area contributed by atoms with E-state index >= 15 is 0 Å². The zero-order valence-corrected chi connectivity index (χ0v) is 9.47. The van der Waals surface area contributed by atoms with Crippen molar-refractivity contribution in [2.24, 2.45) is 0 Å². The van der Waals surface area contributed by atoms with Crippen molar-refractivity contribution in [1.82, 2.24) is 0 Å². The quantitative estimate of drug-likeness (QED) is 0.665. The Kier molecular flexibility index (Phi) is 5.64. The molecule has 1 nitrogen and oxygen atoms in total. The van der Waals surface area contributed by atoms with Crippen LogP contribution in [0.4, 0.5) is 0 Å². The Bertz CT molecular complexity index is 246. The first-order valence-corrected chi connectivity index (χ1v) is 3.36. The van der Waals surface area contributed by atoms with E-state index < -0.39 is 0 Å². The van der Waals surface area contributed by atoms with E-state index in [1.54, 1.807) is 6.26 Å². The molecule has 66 valence electrons. The van der Waals surface area contributed by atoms with Gasteiger partial charge in [0.05, 0.1) is 6.26 Å². The maximum Gasteiger partial charge on any atom is 0.130 e. The normalized spacial score (nSPS) is 11.7. The first-order valence-electron chi connectivity index (χ1n) is 3.36. The number of ether oxygens (including phenoxy) is 1. The Morgan fingerprint density at radius 2 is 1.92 bits per heavy atom. The number of para-hydroxylation sites is 1. The molecule has 0 saturated carbocycles. The molecule has 1 aliphatic heterocycles. The molecule has 3 heteroatoms. The predicted molar refractivity (Wildman–Crippen MR) is 39.9 cm³/mol. The van der Waals surface area contributed by atoms with Crippen molar-refractivity contribution in [3.05, 3.63) is 42.2 Å². The molecule has 2 rings (SSSR count). The number of fused-ring (bicyclic) bond motifs is 1. The van der Waals surface area contributed by atoms with E-state index in [0.29, 0.717) is 0 Å². The molecule has 0 aromatic heterocycles. The molecular weight excluding hydrogens is 281 g/mol. The molecule has 0 unspecified atom stereocenters. The maximum atomic E-state index is 5.24. The molecule has 12 heavy (non-hydrogen) atoms. The minimum absolute atomic E-state index is 0. The fraction of sp³-hybridized carbons (Fsp3) is 0.111. The summed E-state index contributed by atoms with van der Waals surface area (Å²) < 4.78 is 5.24. The molecular formula is C9H8CuNbO. The second-order valence-electron chi connectivity index (χ2n) is 2.30. The van der Waals surface area contributed by atoms with E-state index in [9.17, 15) is 0 Å². The van der Waals surface area contributed by atoms with Gasteiger partial charge in [0.1, 0.15) is 5.75 Å². The summed E-state index contributed by atoms with van der Waals surface area (Å²) in [5.41, 5.74) is 1.27. The van der Waals surface area contributed by atoms with E-state index in [-0.39, 0.29) is 39.4 Å². The van der Waals surface area contributed by atoms with Crippen molar-refractivity contribution in [2.45, 2.75) is 6.42 Å². The largest absolute Gasteiger partial charge is 0.465 e. The Morgan fingerprint density at radius 3 is 2.67 bits per heavy atom. The number of hydrogen-bond acceptors (Lipinski definition) is 1. The van der Waals surface area contributed by atoms with Crippen molar-refractivity contribution in [3.63, 3.8) is 0 Å². The van der Waals surface area contributed by atoms with Crippen LogP contribution in [0.15, 0.2) is 36.6 Å². The molecule has 1 heterocycles. The van der Waals surface area contributed by atoms with Crippen LogP contribution >= 0.6 is 0 Å². The van der Waals surface area contributed by atoms with Crippen LogP contribution in [0.1, 0.15) is 5.56 Å². The minimum Gasteiger partial charge on any atom is -0.465 e. The average Bonchev–Trinajstić information content (AvgIpc) is 2.05. The van der Waals surface area contributed by atoms with E-state index in [4.69, 9.17) is 4.74 Å². The SMILES string of the molecule is C1=COc2ccccc2C1.[Cu].[Nb]. The summed E-state index contributed by atoms with van der Waals surface area (Å²) in [5, 5.41) is 0. The van der Waals surface area contributed by atoms with Gasteiger partial charge in [0, 0.05) is 39.4 Å². The Morgan fingerprint density at radius 1 is 1.17 bits per heavy atom. The fourth-order valence-electron chi connectivity index (χ4n) is 1.08. The van der Waals surface area contributed by atoms with Crippen LogP contribution in [-0.2, 0) is 45.9 Å². The van der Waals surface area contributed by atoms with Gasteiger partial charge in [-0.2, -0.15) is 0 Å². The van der Waals surface area contributed by atoms with Gasteiger partial charge in [-0.1, -0.05) is 18.2 Å². The summed E-state index contributed by atoms with van der Waals surface area (Å²) in [7, 11) is 0. The third kappa shape index (κ3) is 2.51. The second-order valence-corrected chi connectivity index (χ2v) is 2.30. The summed E-state index contributed by atoms with van der Waals surface area (Å²) in [4.78, 5) is 0. The monoisotopic (exact) mass is 288 g/mol. The van der Waals surface area contributed by atoms with Crippen LogP contribution in [0.2, 0.25) is 0 Å². The molecule has 0 amide bonds. The van der Waals surface area contributed by atoms with E-state index in [0.717, 1.165) is 12.2 Å². The first-order chi connectivity index (χ1) is 4.97. The van der Waals surface area contributed by atoms with E-state index in [1.165, 1.54) is 5.56 Å². The smallest absolute Gasteiger partial charge is 0.130 e. The van der Waals surface area contributed by atoms with Gasteiger partial charge in [-0.3, -0.25) is 0 Å². The molecule has 1 aromatic rings. The fourth-order valence-corrected chi connectivity index (χ4v) is 1.08. The standard InChI is InChI=1S/C9H8O.Cu.Nb/c1-2-6-9-8(4-1)5-3-7-10-9;;/h1-4,6-7H,5H2;;. The van der Waals surface area contributed by atoms with Gasteiger partial charge in [-0.15, -0.1) is 0 Å². The topological polar surface area (TPSA) is 9.23 Å². The third-order valence-electron chi connectivity index (χ3n) is 1.60. The maximum absolute atomic E-state index is 5.24. The van der Waals surface area contributed by atoms with E-state index in [1.807, 2.05) is 24.3 Å². The molecule has 1 aromatic carbocycles. The summed E-state index contributed by atoms with van der Waals surface area (Å²) in [6.07, 6.45) is 4.75. The molecule has 0 spiro atoms. The van der Waals surface area contributed by atoms with Gasteiger partial charge in [0.25, 0.3) is 0 Å². The number of hydrogen-bond donors (Lipinski definition) is 0. The first kappa shape index (κ1) is 12.0. The van der Waals surface area contributed by atoms with Gasteiger partial charge in [-0.05, 0) is 24.1 Å². The molecule has 0 bridgehead atoms. The van der Waals surface area contributed by atoms with Crippen molar-refractivity contribution in [2.75, 3.05) is 0 Å². The average molecular weight is 289 g/mol. The number of rotatable bonds is 0. The van der Waals surface area contributed by atoms with Gasteiger partial charge in [0.2, 0.25) is 0 Å². The molecule has 0 atom stereocenters. The molecule has 0 saturated heterocycles. The zero-order chi connectivity index (χ0) is 6.81. The molecule has 1 aliphatic rings. The van der Waals surface area contributed by atoms with Crippen LogP contribution in [0.3, 0.4) is 0 Å². The van der Waals surface area contributed by atoms with Crippen LogP contribution in [0.25, 0.3) is 0 Å². The summed E-state index contributed by atoms with van der Waals surface area (Å²) in [6, 6.07) is 8.08. The van der Waals surface area contributed by atoms with Crippen molar-refractivity contribution >= 4 is 0 Å². The Hall–Kier alpha value is 0.0197. The van der Waals surface area contributed by atoms with Crippen LogP contribution < -0.4 is 4.74 Å². The van der Waals surface area contributed by atoms with Crippen LogP contribution in [-0.4, -0.2) is 0 Å². The van der Waals surface area contributed by atoms with Gasteiger partial charge < -0.3 is 4.74 Å². The molecule has 0 fully saturated rings. The van der Waals surface area contributed by atoms with Gasteiger partial charge >= 0.3 is 0 Å². The zero-order valence-electron chi connectivity index (χ0n) is 6.33. The number of allylic oxidation sites excluding steroid dienone is 1. The predicted octanol–water partition coefficient (Wildman–Crippen LogP) is 2.13. The molecule has 0 N–H and O–H groups in total. The van der Waals surface area contributed by atoms with Crippen LogP contribution in [0, 0.1) is 0 Å². The Balaban J connectivity index is 0.000000605. The second kappa shape index (κ2) is 5.63. The van der Waals surface area contributed by atoms with Crippen LogP contribution in [0.5, 0.6) is 5.75 Å². The third-order valence-corrected chi connectivity index (χ3v) is 1.60. The Labute approximate surface area is 98.2 Å². The summed E-state index contributed by atoms with van der Waals surface area (Å²) >= 11 is 0. The van der Waals surface area contributed by atoms with E-state index in [2.05, 4.69) is 6.07 Å². The van der Waals surface area contributed by atoms with Gasteiger partial charge in [0.15, 0.2) is 0 Å². The van der Waals surface area contributed by atoms with Crippen molar-refractivity contribution in [1.29, 1.82) is 0 Å². The number of benzene rings is 1. The van der Waals surface area contributed by atoms with Gasteiger partial charge in [-0.25, -0.2) is 0 Å². The molecule has 2 radical (unpaired) electrons. The summed E-state index contributed by atoms with van der Waals surface area (Å²) in [5.74, 6) is 0.991. The minimum atomic E-state index is 0. The summed E-state index contributed by atoms with van der Waals surface area (Å²) in [6.45, 7) is 0.